The first-order valence-corrected chi connectivity index (χ1v) is 11.3. The van der Waals surface area contributed by atoms with Crippen LogP contribution in [0.15, 0.2) is 22.7 Å². The van der Waals surface area contributed by atoms with Crippen molar-refractivity contribution in [1.29, 1.82) is 0 Å². The second kappa shape index (κ2) is 9.79. The van der Waals surface area contributed by atoms with Crippen molar-refractivity contribution in [3.63, 3.8) is 0 Å². The Morgan fingerprint density at radius 1 is 1.29 bits per heavy atom. The number of carbonyl (C=O) groups is 1. The number of likely N-dealkylation sites (tertiary alicyclic amines) is 1. The molecule has 2 saturated heterocycles. The lowest BCUT2D eigenvalue weighted by Crippen LogP contribution is -2.49. The molecule has 0 saturated carbocycles. The number of piperidine rings is 1. The van der Waals surface area contributed by atoms with Crippen LogP contribution in [0.25, 0.3) is 0 Å². The summed E-state index contributed by atoms with van der Waals surface area (Å²) in [4.78, 5) is 17.3. The smallest absolute Gasteiger partial charge is 0.263 e. The van der Waals surface area contributed by atoms with E-state index in [4.69, 9.17) is 21.1 Å². The molecule has 1 amide bonds. The Morgan fingerprint density at radius 2 is 1.93 bits per heavy atom. The van der Waals surface area contributed by atoms with E-state index in [2.05, 4.69) is 34.7 Å². The highest BCUT2D eigenvalue weighted by atomic mass is 79.9. The molecule has 7 heteroatoms. The van der Waals surface area contributed by atoms with Gasteiger partial charge in [0.1, 0.15) is 5.75 Å². The lowest BCUT2D eigenvalue weighted by Gasteiger charge is -2.39. The highest BCUT2D eigenvalue weighted by molar-refractivity contribution is 9.10. The Bertz CT molecular complexity index is 672. The number of carbonyl (C=O) groups excluding carboxylic acids is 1. The van der Waals surface area contributed by atoms with Gasteiger partial charge in [0.15, 0.2) is 6.10 Å². The number of nitrogens with zero attached hydrogens (tertiary/aromatic N) is 2. The van der Waals surface area contributed by atoms with Gasteiger partial charge in [0.2, 0.25) is 0 Å². The van der Waals surface area contributed by atoms with Crippen LogP contribution < -0.4 is 4.74 Å². The number of ether oxygens (including phenoxy) is 2. The third-order valence-electron chi connectivity index (χ3n) is 5.48. The third kappa shape index (κ3) is 5.85. The van der Waals surface area contributed by atoms with Crippen molar-refractivity contribution >= 4 is 33.4 Å². The molecular weight excluding hydrogens is 444 g/mol. The predicted molar refractivity (Wildman–Crippen MR) is 115 cm³/mol. The maximum Gasteiger partial charge on any atom is 0.263 e. The molecule has 3 atom stereocenters. The summed E-state index contributed by atoms with van der Waals surface area (Å²) in [5.41, 5.74) is 0. The minimum atomic E-state index is -0.519. The number of benzene rings is 1. The summed E-state index contributed by atoms with van der Waals surface area (Å²) in [6.45, 7) is 10.8. The number of rotatable bonds is 5. The van der Waals surface area contributed by atoms with Gasteiger partial charge in [-0.15, -0.1) is 0 Å². The van der Waals surface area contributed by atoms with Crippen LogP contribution in [0.4, 0.5) is 0 Å². The molecule has 0 bridgehead atoms. The van der Waals surface area contributed by atoms with E-state index in [0.29, 0.717) is 28.9 Å². The molecule has 2 aliphatic rings. The summed E-state index contributed by atoms with van der Waals surface area (Å²) in [5, 5.41) is 0.629. The van der Waals surface area contributed by atoms with E-state index in [1.54, 1.807) is 18.2 Å². The van der Waals surface area contributed by atoms with Crippen molar-refractivity contribution in [1.82, 2.24) is 9.80 Å². The molecule has 2 aliphatic heterocycles. The molecule has 0 aromatic heterocycles. The van der Waals surface area contributed by atoms with Gasteiger partial charge >= 0.3 is 0 Å². The summed E-state index contributed by atoms with van der Waals surface area (Å²) in [6, 6.07) is 5.32. The molecule has 3 rings (SSSR count). The van der Waals surface area contributed by atoms with Gasteiger partial charge in [0.05, 0.1) is 16.7 Å². The number of amides is 1. The fourth-order valence-electron chi connectivity index (χ4n) is 4.20. The van der Waals surface area contributed by atoms with E-state index < -0.39 is 6.10 Å². The van der Waals surface area contributed by atoms with Crippen LogP contribution in [-0.2, 0) is 9.53 Å². The average Bonchev–Trinajstić information content (AvgIpc) is 2.63. The molecule has 0 spiro atoms. The van der Waals surface area contributed by atoms with E-state index in [0.717, 1.165) is 50.0 Å². The molecule has 3 unspecified atom stereocenters. The lowest BCUT2D eigenvalue weighted by atomic mass is 9.95. The van der Waals surface area contributed by atoms with Gasteiger partial charge in [-0.25, -0.2) is 0 Å². The minimum absolute atomic E-state index is 0.0499. The standard InChI is InChI=1S/C21H30BrClN2O3/c1-14-11-24(12-15(2)27-14)13-17-6-8-25(9-7-17)21(26)16(3)28-20-5-4-18(23)10-19(20)22/h4-5,10,14-17H,6-9,11-13H2,1-3H3. The molecule has 5 nitrogen and oxygen atoms in total. The first-order chi connectivity index (χ1) is 13.3. The van der Waals surface area contributed by atoms with Gasteiger partial charge in [-0.2, -0.15) is 0 Å². The average molecular weight is 474 g/mol. The van der Waals surface area contributed by atoms with Crippen LogP contribution in [0.3, 0.4) is 0 Å². The Hall–Kier alpha value is -0.820. The van der Waals surface area contributed by atoms with Crippen LogP contribution in [0.5, 0.6) is 5.75 Å². The molecule has 0 aliphatic carbocycles. The lowest BCUT2D eigenvalue weighted by molar-refractivity contribution is -0.139. The van der Waals surface area contributed by atoms with E-state index >= 15 is 0 Å². The first kappa shape index (κ1) is 21.9. The van der Waals surface area contributed by atoms with Crippen molar-refractivity contribution in [2.75, 3.05) is 32.7 Å². The molecule has 1 aromatic carbocycles. The van der Waals surface area contributed by atoms with Crippen molar-refractivity contribution in [3.05, 3.63) is 27.7 Å². The zero-order valence-electron chi connectivity index (χ0n) is 16.9. The number of hydrogen-bond acceptors (Lipinski definition) is 4. The fraction of sp³-hybridized carbons (Fsp3) is 0.667. The van der Waals surface area contributed by atoms with Crippen LogP contribution in [-0.4, -0.2) is 66.7 Å². The maximum atomic E-state index is 12.8. The monoisotopic (exact) mass is 472 g/mol. The third-order valence-corrected chi connectivity index (χ3v) is 6.34. The molecule has 28 heavy (non-hydrogen) atoms. The summed E-state index contributed by atoms with van der Waals surface area (Å²) >= 11 is 9.40. The summed E-state index contributed by atoms with van der Waals surface area (Å²) < 4.78 is 12.4. The number of hydrogen-bond donors (Lipinski definition) is 0. The van der Waals surface area contributed by atoms with Gasteiger partial charge in [0.25, 0.3) is 5.91 Å². The summed E-state index contributed by atoms with van der Waals surface area (Å²) in [6.07, 6.45) is 2.17. The second-order valence-electron chi connectivity index (χ2n) is 8.08. The van der Waals surface area contributed by atoms with E-state index in [1.807, 2.05) is 11.8 Å². The highest BCUT2D eigenvalue weighted by Crippen LogP contribution is 2.29. The first-order valence-electron chi connectivity index (χ1n) is 10.1. The van der Waals surface area contributed by atoms with E-state index in [-0.39, 0.29) is 5.91 Å². The molecule has 2 fully saturated rings. The van der Waals surface area contributed by atoms with Crippen LogP contribution >= 0.6 is 27.5 Å². The van der Waals surface area contributed by atoms with Gasteiger partial charge in [-0.3, -0.25) is 9.69 Å². The Morgan fingerprint density at radius 3 is 2.54 bits per heavy atom. The van der Waals surface area contributed by atoms with E-state index in [9.17, 15) is 4.79 Å². The summed E-state index contributed by atoms with van der Waals surface area (Å²) in [7, 11) is 0. The van der Waals surface area contributed by atoms with Gasteiger partial charge in [-0.05, 0) is 73.7 Å². The maximum absolute atomic E-state index is 12.8. The number of halogens is 2. The molecule has 0 N–H and O–H groups in total. The Balaban J connectivity index is 1.46. The zero-order valence-corrected chi connectivity index (χ0v) is 19.2. The normalized spacial score (nSPS) is 25.5. The summed E-state index contributed by atoms with van der Waals surface area (Å²) in [5.74, 6) is 1.33. The van der Waals surface area contributed by atoms with Crippen molar-refractivity contribution in [2.24, 2.45) is 5.92 Å². The highest BCUT2D eigenvalue weighted by Gasteiger charge is 2.30. The largest absolute Gasteiger partial charge is 0.480 e. The second-order valence-corrected chi connectivity index (χ2v) is 9.37. The Labute approximate surface area is 181 Å². The fourth-order valence-corrected chi connectivity index (χ4v) is 4.98. The predicted octanol–water partition coefficient (Wildman–Crippen LogP) is 4.22. The Kier molecular flexibility index (Phi) is 7.65. The van der Waals surface area contributed by atoms with Crippen LogP contribution in [0.2, 0.25) is 5.02 Å². The minimum Gasteiger partial charge on any atom is -0.480 e. The molecular formula is C21H30BrClN2O3. The number of morpholine rings is 1. The van der Waals surface area contributed by atoms with E-state index in [1.165, 1.54) is 0 Å². The molecule has 156 valence electrons. The quantitative estimate of drug-likeness (QED) is 0.642. The van der Waals surface area contributed by atoms with Crippen molar-refractivity contribution < 1.29 is 14.3 Å². The zero-order chi connectivity index (χ0) is 20.3. The molecule has 2 heterocycles. The van der Waals surface area contributed by atoms with Gasteiger partial charge in [-0.1, -0.05) is 11.6 Å². The molecule has 0 radical (unpaired) electrons. The van der Waals surface area contributed by atoms with Gasteiger partial charge < -0.3 is 14.4 Å². The van der Waals surface area contributed by atoms with Gasteiger partial charge in [0, 0.05) is 37.7 Å². The topological polar surface area (TPSA) is 42.0 Å². The van der Waals surface area contributed by atoms with Crippen molar-refractivity contribution in [3.8, 4) is 5.75 Å². The van der Waals surface area contributed by atoms with Crippen LogP contribution in [0, 0.1) is 5.92 Å². The molecule has 1 aromatic rings. The van der Waals surface area contributed by atoms with Crippen LogP contribution in [0.1, 0.15) is 33.6 Å². The SMILES string of the molecule is CC1CN(CC2CCN(C(=O)C(C)Oc3ccc(Cl)cc3Br)CC2)CC(C)O1. The van der Waals surface area contributed by atoms with Crippen molar-refractivity contribution in [2.45, 2.75) is 51.9 Å².